The predicted molar refractivity (Wildman–Crippen MR) is 88.4 cm³/mol. The average Bonchev–Trinajstić information content (AvgIpc) is 2.57. The minimum Gasteiger partial charge on any atom is -0.484 e. The fourth-order valence-corrected chi connectivity index (χ4v) is 1.59. The van der Waals surface area contributed by atoms with Gasteiger partial charge in [-0.25, -0.2) is 0 Å². The smallest absolute Gasteiger partial charge is 0.325 e. The zero-order chi connectivity index (χ0) is 18.0. The lowest BCUT2D eigenvalue weighted by atomic mass is 10.0. The van der Waals surface area contributed by atoms with Gasteiger partial charge in [0.1, 0.15) is 12.3 Å². The first kappa shape index (κ1) is 19.5. The molecule has 1 rings (SSSR count). The van der Waals surface area contributed by atoms with Crippen LogP contribution in [0.1, 0.15) is 27.2 Å². The van der Waals surface area contributed by atoms with Crippen LogP contribution in [0.25, 0.3) is 0 Å². The Kier molecular flexibility index (Phi) is 7.74. The molecule has 0 saturated heterocycles. The Balaban J connectivity index is 2.19. The summed E-state index contributed by atoms with van der Waals surface area (Å²) in [6, 6.07) is 8.85. The molecule has 132 valence electrons. The number of ether oxygens (including phenoxy) is 2. The molecule has 0 aliphatic carbocycles. The van der Waals surface area contributed by atoms with Crippen molar-refractivity contribution < 1.29 is 23.9 Å². The average molecular weight is 336 g/mol. The SMILES string of the molecule is CCC(C)(C)NC(=O)COC(=O)CNC(=O)COc1ccccc1. The summed E-state index contributed by atoms with van der Waals surface area (Å²) in [7, 11) is 0. The van der Waals surface area contributed by atoms with Gasteiger partial charge in [-0.1, -0.05) is 25.1 Å². The molecule has 0 saturated carbocycles. The van der Waals surface area contributed by atoms with E-state index in [-0.39, 0.29) is 31.2 Å². The summed E-state index contributed by atoms with van der Waals surface area (Å²) in [5.74, 6) is -0.959. The topological polar surface area (TPSA) is 93.7 Å². The molecule has 7 nitrogen and oxygen atoms in total. The van der Waals surface area contributed by atoms with Crippen molar-refractivity contribution in [2.45, 2.75) is 32.7 Å². The number of para-hydroxylation sites is 1. The molecule has 0 spiro atoms. The summed E-state index contributed by atoms with van der Waals surface area (Å²) >= 11 is 0. The van der Waals surface area contributed by atoms with Crippen molar-refractivity contribution in [3.63, 3.8) is 0 Å². The lowest BCUT2D eigenvalue weighted by Crippen LogP contribution is -2.45. The first-order valence-electron chi connectivity index (χ1n) is 7.73. The van der Waals surface area contributed by atoms with Crippen molar-refractivity contribution in [2.75, 3.05) is 19.8 Å². The van der Waals surface area contributed by atoms with Gasteiger partial charge in [-0.2, -0.15) is 0 Å². The van der Waals surface area contributed by atoms with Gasteiger partial charge in [0.15, 0.2) is 13.2 Å². The maximum atomic E-state index is 11.6. The Morgan fingerprint density at radius 1 is 1.04 bits per heavy atom. The van der Waals surface area contributed by atoms with Crippen LogP contribution in [0.5, 0.6) is 5.75 Å². The first-order chi connectivity index (χ1) is 11.3. The van der Waals surface area contributed by atoms with Crippen molar-refractivity contribution in [1.82, 2.24) is 10.6 Å². The summed E-state index contributed by atoms with van der Waals surface area (Å²) in [6.45, 7) is 4.79. The van der Waals surface area contributed by atoms with Crippen LogP contribution in [0.2, 0.25) is 0 Å². The van der Waals surface area contributed by atoms with Crippen LogP contribution in [-0.4, -0.2) is 43.1 Å². The van der Waals surface area contributed by atoms with Crippen molar-refractivity contribution in [2.24, 2.45) is 0 Å². The summed E-state index contributed by atoms with van der Waals surface area (Å²) in [5, 5.41) is 5.11. The van der Waals surface area contributed by atoms with Crippen molar-refractivity contribution in [1.29, 1.82) is 0 Å². The second kappa shape index (κ2) is 9.54. The van der Waals surface area contributed by atoms with Gasteiger partial charge in [-0.05, 0) is 32.4 Å². The van der Waals surface area contributed by atoms with Crippen LogP contribution in [-0.2, 0) is 19.1 Å². The van der Waals surface area contributed by atoms with E-state index in [1.807, 2.05) is 26.8 Å². The van der Waals surface area contributed by atoms with Gasteiger partial charge in [-0.3, -0.25) is 14.4 Å². The highest BCUT2D eigenvalue weighted by atomic mass is 16.5. The zero-order valence-electron chi connectivity index (χ0n) is 14.3. The molecule has 0 aromatic heterocycles. The van der Waals surface area contributed by atoms with Crippen LogP contribution >= 0.6 is 0 Å². The Labute approximate surface area is 141 Å². The van der Waals surface area contributed by atoms with E-state index in [2.05, 4.69) is 10.6 Å². The molecule has 0 fully saturated rings. The minimum absolute atomic E-state index is 0.206. The quantitative estimate of drug-likeness (QED) is 0.657. The van der Waals surface area contributed by atoms with Crippen LogP contribution in [0, 0.1) is 0 Å². The Hall–Kier alpha value is -2.57. The summed E-state index contributed by atoms with van der Waals surface area (Å²) in [4.78, 5) is 34.7. The summed E-state index contributed by atoms with van der Waals surface area (Å²) in [6.07, 6.45) is 0.754. The van der Waals surface area contributed by atoms with E-state index in [0.29, 0.717) is 5.75 Å². The third kappa shape index (κ3) is 8.17. The van der Waals surface area contributed by atoms with E-state index in [1.165, 1.54) is 0 Å². The molecule has 2 N–H and O–H groups in total. The van der Waals surface area contributed by atoms with E-state index in [9.17, 15) is 14.4 Å². The Morgan fingerprint density at radius 2 is 1.71 bits per heavy atom. The molecule has 0 heterocycles. The summed E-state index contributed by atoms with van der Waals surface area (Å²) < 4.78 is 10.0. The molecule has 0 atom stereocenters. The molecule has 2 amide bonds. The van der Waals surface area contributed by atoms with Crippen molar-refractivity contribution in [3.05, 3.63) is 30.3 Å². The van der Waals surface area contributed by atoms with E-state index >= 15 is 0 Å². The molecule has 0 aliphatic heterocycles. The highest BCUT2D eigenvalue weighted by molar-refractivity contribution is 5.85. The second-order valence-electron chi connectivity index (χ2n) is 5.82. The van der Waals surface area contributed by atoms with Crippen LogP contribution < -0.4 is 15.4 Å². The van der Waals surface area contributed by atoms with E-state index in [4.69, 9.17) is 9.47 Å². The fraction of sp³-hybridized carbons (Fsp3) is 0.471. The number of amides is 2. The van der Waals surface area contributed by atoms with Crippen molar-refractivity contribution in [3.8, 4) is 5.75 Å². The lowest BCUT2D eigenvalue weighted by Gasteiger charge is -2.24. The molecule has 0 bridgehead atoms. The number of esters is 1. The largest absolute Gasteiger partial charge is 0.484 e. The number of carbonyl (C=O) groups excluding carboxylic acids is 3. The molecule has 7 heteroatoms. The monoisotopic (exact) mass is 336 g/mol. The first-order valence-corrected chi connectivity index (χ1v) is 7.73. The van der Waals surface area contributed by atoms with Gasteiger partial charge < -0.3 is 20.1 Å². The number of nitrogens with one attached hydrogen (secondary N) is 2. The third-order valence-corrected chi connectivity index (χ3v) is 3.27. The Bertz CT molecular complexity index is 557. The zero-order valence-corrected chi connectivity index (χ0v) is 14.3. The number of rotatable bonds is 9. The van der Waals surface area contributed by atoms with Crippen LogP contribution in [0.15, 0.2) is 30.3 Å². The molecular formula is C17H24N2O5. The van der Waals surface area contributed by atoms with Crippen LogP contribution in [0.4, 0.5) is 0 Å². The van der Waals surface area contributed by atoms with E-state index in [0.717, 1.165) is 6.42 Å². The third-order valence-electron chi connectivity index (χ3n) is 3.27. The molecule has 1 aromatic rings. The fourth-order valence-electron chi connectivity index (χ4n) is 1.59. The van der Waals surface area contributed by atoms with Crippen LogP contribution in [0.3, 0.4) is 0 Å². The second-order valence-corrected chi connectivity index (χ2v) is 5.82. The summed E-state index contributed by atoms with van der Waals surface area (Å²) in [5.41, 5.74) is -0.355. The highest BCUT2D eigenvalue weighted by Gasteiger charge is 2.18. The normalized spacial score (nSPS) is 10.6. The van der Waals surface area contributed by atoms with E-state index in [1.54, 1.807) is 24.3 Å². The molecule has 24 heavy (non-hydrogen) atoms. The number of benzene rings is 1. The lowest BCUT2D eigenvalue weighted by molar-refractivity contribution is -0.148. The molecule has 0 radical (unpaired) electrons. The van der Waals surface area contributed by atoms with Gasteiger partial charge in [-0.15, -0.1) is 0 Å². The van der Waals surface area contributed by atoms with Gasteiger partial charge in [0, 0.05) is 5.54 Å². The number of hydrogen-bond acceptors (Lipinski definition) is 5. The standard InChI is InChI=1S/C17H24N2O5/c1-4-17(2,3)19-15(21)12-24-16(22)10-18-14(20)11-23-13-8-6-5-7-9-13/h5-9H,4,10-12H2,1-3H3,(H,18,20)(H,19,21). The van der Waals surface area contributed by atoms with Gasteiger partial charge in [0.2, 0.25) is 0 Å². The number of hydrogen-bond donors (Lipinski definition) is 2. The van der Waals surface area contributed by atoms with Crippen molar-refractivity contribution >= 4 is 17.8 Å². The minimum atomic E-state index is -0.687. The molecular weight excluding hydrogens is 312 g/mol. The molecule has 0 aliphatic rings. The predicted octanol–water partition coefficient (Wildman–Crippen LogP) is 1.03. The molecule has 1 aromatic carbocycles. The van der Waals surface area contributed by atoms with Gasteiger partial charge in [0.05, 0.1) is 0 Å². The highest BCUT2D eigenvalue weighted by Crippen LogP contribution is 2.07. The number of carbonyl (C=O) groups is 3. The van der Waals surface area contributed by atoms with Gasteiger partial charge in [0.25, 0.3) is 11.8 Å². The molecule has 0 unspecified atom stereocenters. The maximum absolute atomic E-state index is 11.6. The maximum Gasteiger partial charge on any atom is 0.325 e. The van der Waals surface area contributed by atoms with E-state index < -0.39 is 11.9 Å². The Morgan fingerprint density at radius 3 is 2.33 bits per heavy atom. The van der Waals surface area contributed by atoms with Gasteiger partial charge >= 0.3 is 5.97 Å².